The van der Waals surface area contributed by atoms with E-state index in [1.165, 1.54) is 27.8 Å². The van der Waals surface area contributed by atoms with E-state index in [0.29, 0.717) is 6.61 Å². The summed E-state index contributed by atoms with van der Waals surface area (Å²) in [5.74, 6) is 0.120. The molecule has 7 heteroatoms. The van der Waals surface area contributed by atoms with Crippen LogP contribution in [0.5, 0.6) is 0 Å². The zero-order chi connectivity index (χ0) is 37.2. The number of fused-ring (bicyclic) bond motifs is 1. The largest absolute Gasteiger partial charge is 0.411 e. The first-order valence-electron chi connectivity index (χ1n) is 20.3. The van der Waals surface area contributed by atoms with Gasteiger partial charge in [-0.05, 0) is 119 Å². The molecule has 2 aliphatic carbocycles. The first-order valence-corrected chi connectivity index (χ1v) is 22.9. The molecule has 2 saturated heterocycles. The third kappa shape index (κ3) is 5.83. The number of rotatable bonds is 13. The number of ether oxygens (including phenoxy) is 3. The van der Waals surface area contributed by atoms with Gasteiger partial charge in [0.15, 0.2) is 8.32 Å². The van der Waals surface area contributed by atoms with Crippen molar-refractivity contribution < 1.29 is 23.7 Å². The predicted octanol–water partition coefficient (Wildman–Crippen LogP) is 10.2. The maximum atomic E-state index is 11.1. The van der Waals surface area contributed by atoms with Gasteiger partial charge >= 0.3 is 0 Å². The second-order valence-electron chi connectivity index (χ2n) is 17.9. The van der Waals surface area contributed by atoms with Gasteiger partial charge in [0.1, 0.15) is 17.3 Å². The second kappa shape index (κ2) is 13.8. The van der Waals surface area contributed by atoms with Gasteiger partial charge in [-0.2, -0.15) is 0 Å². The van der Waals surface area contributed by atoms with Crippen molar-refractivity contribution in [1.82, 2.24) is 4.98 Å². The summed E-state index contributed by atoms with van der Waals surface area (Å²) in [4.78, 5) is 3.89. The number of hydrogen-bond donors (Lipinski definition) is 2. The van der Waals surface area contributed by atoms with Crippen molar-refractivity contribution in [2.24, 2.45) is 11.3 Å². The zero-order valence-corrected chi connectivity index (χ0v) is 34.4. The lowest BCUT2D eigenvalue weighted by molar-refractivity contribution is -0.233. The number of aromatic nitrogens is 1. The molecule has 0 unspecified atom stereocenters. The van der Waals surface area contributed by atoms with Crippen LogP contribution in [0.1, 0.15) is 111 Å². The highest BCUT2D eigenvalue weighted by Crippen LogP contribution is 2.78. The van der Waals surface area contributed by atoms with E-state index in [2.05, 4.69) is 128 Å². The highest BCUT2D eigenvalue weighted by molar-refractivity contribution is 6.73. The van der Waals surface area contributed by atoms with Crippen LogP contribution in [-0.2, 0) is 37.1 Å². The number of aliphatic hydroxyl groups is 1. The Labute approximate surface area is 314 Å². The Morgan fingerprint density at radius 1 is 0.981 bits per heavy atom. The van der Waals surface area contributed by atoms with E-state index in [0.717, 1.165) is 62.2 Å². The molecule has 7 rings (SSSR count). The first-order chi connectivity index (χ1) is 24.8. The summed E-state index contributed by atoms with van der Waals surface area (Å²) in [6.07, 6.45) is 7.43. The normalized spacial score (nSPS) is 34.3. The Morgan fingerprint density at radius 2 is 1.71 bits per heavy atom. The fourth-order valence-electron chi connectivity index (χ4n) is 11.2. The molecule has 6 nitrogen and oxygen atoms in total. The van der Waals surface area contributed by atoms with Crippen molar-refractivity contribution in [3.8, 4) is 0 Å². The second-order valence-corrected chi connectivity index (χ2v) is 22.7. The first kappa shape index (κ1) is 38.0. The summed E-state index contributed by atoms with van der Waals surface area (Å²) in [6, 6.07) is 22.9. The molecule has 0 bridgehead atoms. The van der Waals surface area contributed by atoms with Gasteiger partial charge in [0, 0.05) is 35.1 Å². The molecule has 4 fully saturated rings. The SMILES string of the molecule is CC[Si](CC)(CC)O[C@@H]1C[C@]23O[C@]24CC[C@@H](CO)[C@](C)(c2cc5cc(CC=C(C)C)ccc5[nH]2)[C@@]4(C)CC[C@@H]3O[C@@H]1C(C)(C)OCc1ccccc1. The molecule has 1 aromatic heterocycles. The maximum absolute atomic E-state index is 11.1. The number of nitrogens with one attached hydrogen (secondary N) is 1. The average molecular weight is 728 g/mol. The summed E-state index contributed by atoms with van der Waals surface area (Å²) in [5, 5.41) is 12.3. The number of aromatic amines is 1. The van der Waals surface area contributed by atoms with E-state index in [9.17, 15) is 5.11 Å². The van der Waals surface area contributed by atoms with E-state index in [1.807, 2.05) is 0 Å². The third-order valence-electron chi connectivity index (χ3n) is 15.0. The van der Waals surface area contributed by atoms with Crippen molar-refractivity contribution in [1.29, 1.82) is 0 Å². The highest BCUT2D eigenvalue weighted by Gasteiger charge is 2.87. The molecule has 4 aliphatic rings. The van der Waals surface area contributed by atoms with Gasteiger partial charge < -0.3 is 28.7 Å². The molecule has 52 heavy (non-hydrogen) atoms. The molecule has 0 amide bonds. The Morgan fingerprint density at radius 3 is 2.38 bits per heavy atom. The maximum Gasteiger partial charge on any atom is 0.192 e. The molecule has 0 radical (unpaired) electrons. The lowest BCUT2D eigenvalue weighted by Gasteiger charge is -2.62. The summed E-state index contributed by atoms with van der Waals surface area (Å²) in [5.41, 5.74) is 4.33. The molecule has 2 aliphatic heterocycles. The fourth-order valence-corrected chi connectivity index (χ4v) is 14.1. The quantitative estimate of drug-likeness (QED) is 0.104. The van der Waals surface area contributed by atoms with Crippen molar-refractivity contribution >= 4 is 19.2 Å². The van der Waals surface area contributed by atoms with Crippen molar-refractivity contribution in [3.05, 3.63) is 83.1 Å². The number of aliphatic hydroxyl groups excluding tert-OH is 1. The fraction of sp³-hybridized carbons (Fsp3) is 0.644. The monoisotopic (exact) mass is 727 g/mol. The molecule has 2 spiro atoms. The van der Waals surface area contributed by atoms with Crippen LogP contribution >= 0.6 is 0 Å². The lowest BCUT2D eigenvalue weighted by Crippen LogP contribution is -2.69. The van der Waals surface area contributed by atoms with Crippen LogP contribution in [-0.4, -0.2) is 60.1 Å². The van der Waals surface area contributed by atoms with E-state index in [-0.39, 0.29) is 47.3 Å². The van der Waals surface area contributed by atoms with Crippen LogP contribution in [0, 0.1) is 11.3 Å². The standard InChI is InChI=1S/C45H65NO5Si/c1-10-52(11-2,12-3)50-37-28-44-39(49-40(37)41(6,7)48-30-33-16-14-13-15-17-33)23-24-42(8)43(9,35(29-47)22-25-45(42,44)51-44)38-27-34-26-32(19-18-31(4)5)20-21-36(34)46-38/h13-18,20-21,26-27,35,37,39-40,46-47H,10-12,19,22-25,28-30H2,1-9H3/t35-,37+,39-,40-,42+,43+,44+,45-/m0/s1. The van der Waals surface area contributed by atoms with Crippen molar-refractivity contribution in [2.75, 3.05) is 6.61 Å². The number of hydrogen-bond acceptors (Lipinski definition) is 5. The molecular weight excluding hydrogens is 663 g/mol. The summed E-state index contributed by atoms with van der Waals surface area (Å²) >= 11 is 0. The topological polar surface area (TPSA) is 76.2 Å². The Kier molecular flexibility index (Phi) is 10.1. The van der Waals surface area contributed by atoms with E-state index in [1.54, 1.807) is 0 Å². The zero-order valence-electron chi connectivity index (χ0n) is 33.4. The minimum absolute atomic E-state index is 0.0266. The molecule has 3 aromatic rings. The number of benzene rings is 2. The summed E-state index contributed by atoms with van der Waals surface area (Å²) in [6.45, 7) is 21.3. The van der Waals surface area contributed by atoms with Crippen LogP contribution < -0.4 is 0 Å². The highest BCUT2D eigenvalue weighted by atomic mass is 28.4. The van der Waals surface area contributed by atoms with Crippen molar-refractivity contribution in [3.63, 3.8) is 0 Å². The molecule has 284 valence electrons. The lowest BCUT2D eigenvalue weighted by atomic mass is 9.42. The third-order valence-corrected chi connectivity index (χ3v) is 19.6. The van der Waals surface area contributed by atoms with Gasteiger partial charge in [-0.25, -0.2) is 0 Å². The average Bonchev–Trinajstić information content (AvgIpc) is 3.60. The Bertz CT molecular complexity index is 1750. The van der Waals surface area contributed by atoms with Crippen LogP contribution in [0.4, 0.5) is 0 Å². The number of allylic oxidation sites excluding steroid dienone is 2. The van der Waals surface area contributed by atoms with E-state index >= 15 is 0 Å². The number of epoxide rings is 1. The van der Waals surface area contributed by atoms with Crippen LogP contribution in [0.25, 0.3) is 10.9 Å². The molecule has 8 atom stereocenters. The predicted molar refractivity (Wildman–Crippen MR) is 213 cm³/mol. The van der Waals surface area contributed by atoms with Gasteiger partial charge in [-0.1, -0.05) is 82.7 Å². The molecule has 2 saturated carbocycles. The van der Waals surface area contributed by atoms with Crippen LogP contribution in [0.3, 0.4) is 0 Å². The van der Waals surface area contributed by atoms with Crippen LogP contribution in [0.2, 0.25) is 18.1 Å². The van der Waals surface area contributed by atoms with Gasteiger partial charge in [-0.3, -0.25) is 0 Å². The van der Waals surface area contributed by atoms with Gasteiger partial charge in [-0.15, -0.1) is 0 Å². The van der Waals surface area contributed by atoms with Gasteiger partial charge in [0.2, 0.25) is 0 Å². The molecular formula is C45H65NO5Si. The van der Waals surface area contributed by atoms with E-state index < -0.39 is 19.5 Å². The van der Waals surface area contributed by atoms with Gasteiger partial charge in [0.05, 0.1) is 24.4 Å². The minimum Gasteiger partial charge on any atom is -0.411 e. The molecule has 2 N–H and O–H groups in total. The van der Waals surface area contributed by atoms with E-state index in [4.69, 9.17) is 18.6 Å². The molecule has 2 aromatic carbocycles. The van der Waals surface area contributed by atoms with Gasteiger partial charge in [0.25, 0.3) is 0 Å². The smallest absolute Gasteiger partial charge is 0.192 e. The Hall–Kier alpha value is -2.26. The van der Waals surface area contributed by atoms with Crippen molar-refractivity contribution in [2.45, 2.75) is 166 Å². The van der Waals surface area contributed by atoms with Crippen LogP contribution in [0.15, 0.2) is 66.2 Å². The Balaban J connectivity index is 1.25. The molecule has 3 heterocycles. The summed E-state index contributed by atoms with van der Waals surface area (Å²) < 4.78 is 29.1. The summed E-state index contributed by atoms with van der Waals surface area (Å²) in [7, 11) is -2.01. The number of H-pyrrole nitrogens is 1. The minimum atomic E-state index is -2.01.